The first kappa shape index (κ1) is 8.28. The molecule has 9 heavy (non-hydrogen) atoms. The fraction of sp³-hybridized carbons (Fsp3) is 0.500. The van der Waals surface area contributed by atoms with Gasteiger partial charge in [0, 0.05) is 19.3 Å². The molecule has 1 heteroatoms. The lowest BCUT2D eigenvalue weighted by Crippen LogP contribution is -2.15. The Morgan fingerprint density at radius 3 is 2.56 bits per heavy atom. The smallest absolute Gasteiger partial charge is 0.0284 e. The van der Waals surface area contributed by atoms with Crippen LogP contribution in [0.1, 0.15) is 13.3 Å². The van der Waals surface area contributed by atoms with Gasteiger partial charge in [0.1, 0.15) is 0 Å². The Balaban J connectivity index is 3.58. The van der Waals surface area contributed by atoms with Crippen molar-refractivity contribution in [3.05, 3.63) is 24.9 Å². The average molecular weight is 125 g/mol. The molecule has 0 atom stereocenters. The zero-order valence-electron chi connectivity index (χ0n) is 6.35. The first-order valence-corrected chi connectivity index (χ1v) is 3.24. The van der Waals surface area contributed by atoms with E-state index in [0.29, 0.717) is 0 Å². The van der Waals surface area contributed by atoms with E-state index >= 15 is 0 Å². The van der Waals surface area contributed by atoms with Gasteiger partial charge in [-0.25, -0.2) is 0 Å². The van der Waals surface area contributed by atoms with Crippen LogP contribution in [-0.2, 0) is 0 Å². The van der Waals surface area contributed by atoms with E-state index in [9.17, 15) is 0 Å². The highest BCUT2D eigenvalue weighted by Crippen LogP contribution is 1.98. The van der Waals surface area contributed by atoms with Crippen LogP contribution >= 0.6 is 0 Å². The van der Waals surface area contributed by atoms with Crippen LogP contribution < -0.4 is 0 Å². The quantitative estimate of drug-likeness (QED) is 0.520. The van der Waals surface area contributed by atoms with Gasteiger partial charge in [-0.15, -0.1) is 0 Å². The number of allylic oxidation sites excluding steroid dienone is 1. The summed E-state index contributed by atoms with van der Waals surface area (Å²) in [6, 6.07) is 0. The molecule has 0 aliphatic heterocycles. The van der Waals surface area contributed by atoms with Crippen LogP contribution in [-0.4, -0.2) is 18.5 Å². The van der Waals surface area contributed by atoms with E-state index in [2.05, 4.69) is 25.0 Å². The van der Waals surface area contributed by atoms with Crippen molar-refractivity contribution in [1.29, 1.82) is 0 Å². The van der Waals surface area contributed by atoms with Crippen LogP contribution in [0.2, 0.25) is 0 Å². The van der Waals surface area contributed by atoms with Crippen LogP contribution in [0.15, 0.2) is 24.9 Å². The van der Waals surface area contributed by atoms with Crippen LogP contribution in [0.3, 0.4) is 0 Å². The van der Waals surface area contributed by atoms with Crippen LogP contribution in [0.25, 0.3) is 0 Å². The summed E-state index contributed by atoms with van der Waals surface area (Å²) in [6.07, 6.45) is 2.93. The maximum atomic E-state index is 3.80. The number of likely N-dealkylation sites (N-methyl/N-ethyl adjacent to an activating group) is 1. The number of hydrogen-bond donors (Lipinski definition) is 0. The van der Waals surface area contributed by atoms with Gasteiger partial charge in [0.25, 0.3) is 0 Å². The van der Waals surface area contributed by atoms with Gasteiger partial charge in [0.15, 0.2) is 0 Å². The van der Waals surface area contributed by atoms with Crippen LogP contribution in [0.5, 0.6) is 0 Å². The van der Waals surface area contributed by atoms with Crippen molar-refractivity contribution in [3.8, 4) is 0 Å². The highest BCUT2D eigenvalue weighted by Gasteiger charge is 1.92. The molecule has 0 spiro atoms. The van der Waals surface area contributed by atoms with E-state index in [1.807, 2.05) is 7.05 Å². The molecule has 1 nitrogen and oxygen atoms in total. The molecule has 0 aromatic rings. The van der Waals surface area contributed by atoms with E-state index in [4.69, 9.17) is 0 Å². The fourth-order valence-corrected chi connectivity index (χ4v) is 0.635. The lowest BCUT2D eigenvalue weighted by Gasteiger charge is -2.17. The molecule has 0 N–H and O–H groups in total. The predicted octanol–water partition coefficient (Wildman–Crippen LogP) is 2.03. The minimum atomic E-state index is 0.997. The van der Waals surface area contributed by atoms with Gasteiger partial charge in [0.05, 0.1) is 0 Å². The fourth-order valence-electron chi connectivity index (χ4n) is 0.635. The van der Waals surface area contributed by atoms with Crippen molar-refractivity contribution in [1.82, 2.24) is 4.90 Å². The molecular formula is C8H15N. The van der Waals surface area contributed by atoms with Gasteiger partial charge in [-0.1, -0.05) is 20.1 Å². The number of rotatable bonds is 4. The predicted molar refractivity (Wildman–Crippen MR) is 42.3 cm³/mol. The molecule has 0 radical (unpaired) electrons. The zero-order valence-corrected chi connectivity index (χ0v) is 6.35. The number of nitrogens with zero attached hydrogens (tertiary/aromatic N) is 1. The van der Waals surface area contributed by atoms with Gasteiger partial charge >= 0.3 is 0 Å². The molecule has 0 saturated carbocycles. The third-order valence-electron chi connectivity index (χ3n) is 1.28. The SMILES string of the molecule is C=CC(=C)N(C)CCC. The lowest BCUT2D eigenvalue weighted by atomic mass is 10.4. The second kappa shape index (κ2) is 4.19. The van der Waals surface area contributed by atoms with E-state index in [-0.39, 0.29) is 0 Å². The van der Waals surface area contributed by atoms with Gasteiger partial charge in [-0.05, 0) is 12.5 Å². The minimum absolute atomic E-state index is 0.997. The van der Waals surface area contributed by atoms with Crippen LogP contribution in [0, 0.1) is 0 Å². The Hall–Kier alpha value is -0.720. The molecular weight excluding hydrogens is 110 g/mol. The van der Waals surface area contributed by atoms with Crippen molar-refractivity contribution < 1.29 is 0 Å². The standard InChI is InChI=1S/C8H15N/c1-5-7-9(4)8(3)6-2/h6H,2-3,5,7H2,1,4H3. The monoisotopic (exact) mass is 125 g/mol. The van der Waals surface area contributed by atoms with Gasteiger partial charge < -0.3 is 4.90 Å². The summed E-state index contributed by atoms with van der Waals surface area (Å²) in [6.45, 7) is 10.6. The molecule has 52 valence electrons. The summed E-state index contributed by atoms with van der Waals surface area (Å²) in [5.74, 6) is 0. The topological polar surface area (TPSA) is 3.24 Å². The zero-order chi connectivity index (χ0) is 7.28. The molecule has 0 aliphatic rings. The molecule has 0 aliphatic carbocycles. The Morgan fingerprint density at radius 1 is 1.67 bits per heavy atom. The largest absolute Gasteiger partial charge is 0.375 e. The van der Waals surface area contributed by atoms with E-state index in [1.54, 1.807) is 6.08 Å². The van der Waals surface area contributed by atoms with Crippen LogP contribution in [0.4, 0.5) is 0 Å². The number of hydrogen-bond acceptors (Lipinski definition) is 1. The van der Waals surface area contributed by atoms with E-state index in [0.717, 1.165) is 18.7 Å². The normalized spacial score (nSPS) is 8.67. The third-order valence-corrected chi connectivity index (χ3v) is 1.28. The maximum Gasteiger partial charge on any atom is 0.0284 e. The van der Waals surface area contributed by atoms with Gasteiger partial charge in [0.2, 0.25) is 0 Å². The Bertz CT molecular complexity index is 105. The van der Waals surface area contributed by atoms with Gasteiger partial charge in [-0.2, -0.15) is 0 Å². The highest BCUT2D eigenvalue weighted by atomic mass is 15.1. The van der Waals surface area contributed by atoms with E-state index in [1.165, 1.54) is 0 Å². The summed E-state index contributed by atoms with van der Waals surface area (Å²) in [4.78, 5) is 2.09. The molecule has 0 aromatic heterocycles. The molecule has 0 fully saturated rings. The summed E-state index contributed by atoms with van der Waals surface area (Å²) < 4.78 is 0. The van der Waals surface area contributed by atoms with Crippen molar-refractivity contribution in [2.24, 2.45) is 0 Å². The third kappa shape index (κ3) is 2.96. The summed E-state index contributed by atoms with van der Waals surface area (Å²) in [5, 5.41) is 0. The van der Waals surface area contributed by atoms with Crippen molar-refractivity contribution in [3.63, 3.8) is 0 Å². The molecule has 0 rings (SSSR count). The molecule has 0 heterocycles. The van der Waals surface area contributed by atoms with Gasteiger partial charge in [-0.3, -0.25) is 0 Å². The first-order valence-electron chi connectivity index (χ1n) is 3.24. The Kier molecular flexibility index (Phi) is 3.85. The van der Waals surface area contributed by atoms with Crippen molar-refractivity contribution >= 4 is 0 Å². The lowest BCUT2D eigenvalue weighted by molar-refractivity contribution is 0.431. The first-order chi connectivity index (χ1) is 4.22. The average Bonchev–Trinajstić information content (AvgIpc) is 1.87. The highest BCUT2D eigenvalue weighted by molar-refractivity contribution is 5.08. The summed E-state index contributed by atoms with van der Waals surface area (Å²) in [5.41, 5.74) is 0.997. The second-order valence-corrected chi connectivity index (χ2v) is 2.12. The molecule has 0 unspecified atom stereocenters. The minimum Gasteiger partial charge on any atom is -0.375 e. The van der Waals surface area contributed by atoms with E-state index < -0.39 is 0 Å². The molecule has 0 aromatic carbocycles. The second-order valence-electron chi connectivity index (χ2n) is 2.12. The summed E-state index contributed by atoms with van der Waals surface area (Å²) in [7, 11) is 2.02. The molecule has 0 saturated heterocycles. The molecule has 0 amide bonds. The maximum absolute atomic E-state index is 3.80. The molecule has 0 bridgehead atoms. The van der Waals surface area contributed by atoms with Crippen molar-refractivity contribution in [2.75, 3.05) is 13.6 Å². The Labute approximate surface area is 57.7 Å². The summed E-state index contributed by atoms with van der Waals surface area (Å²) >= 11 is 0. The Morgan fingerprint density at radius 2 is 2.22 bits per heavy atom. The van der Waals surface area contributed by atoms with Crippen molar-refractivity contribution in [2.45, 2.75) is 13.3 Å².